The van der Waals surface area contributed by atoms with Gasteiger partial charge in [-0.15, -0.1) is 0 Å². The lowest BCUT2D eigenvalue weighted by Crippen LogP contribution is -2.30. The molecule has 1 amide bonds. The molecule has 4 rings (SSSR count). The van der Waals surface area contributed by atoms with Crippen LogP contribution in [0.3, 0.4) is 0 Å². The zero-order valence-corrected chi connectivity index (χ0v) is 15.5. The van der Waals surface area contributed by atoms with Gasteiger partial charge in [0.2, 0.25) is 5.76 Å². The molecule has 148 valence electrons. The minimum atomic E-state index is -1.12. The highest BCUT2D eigenvalue weighted by Gasteiger charge is 2.24. The number of halogens is 1. The van der Waals surface area contributed by atoms with Crippen molar-refractivity contribution in [3.05, 3.63) is 64.0 Å². The van der Waals surface area contributed by atoms with E-state index in [2.05, 4.69) is 15.3 Å². The summed E-state index contributed by atoms with van der Waals surface area (Å²) in [5.41, 5.74) is 1.98. The highest BCUT2D eigenvalue weighted by molar-refractivity contribution is 6.00. The molecule has 2 aromatic carbocycles. The van der Waals surface area contributed by atoms with Crippen LogP contribution >= 0.6 is 0 Å². The molecule has 29 heavy (non-hydrogen) atoms. The maximum Gasteiger partial charge on any atom is 0.375 e. The lowest BCUT2D eigenvalue weighted by molar-refractivity contribution is -0.123. The number of esters is 1. The fourth-order valence-electron chi connectivity index (χ4n) is 3.01. The number of fused-ring (bicyclic) bond motifs is 2. The summed E-state index contributed by atoms with van der Waals surface area (Å²) in [5.74, 6) is -1.92. The molecule has 8 nitrogen and oxygen atoms in total. The summed E-state index contributed by atoms with van der Waals surface area (Å²) in [5, 5.41) is 3.08. The Labute approximate surface area is 162 Å². The van der Waals surface area contributed by atoms with Gasteiger partial charge in [-0.1, -0.05) is 0 Å². The number of nitrogens with one attached hydrogen (secondary N) is 3. The number of hydrogen-bond donors (Lipinski definition) is 3. The number of amides is 1. The fraction of sp³-hybridized carbons (Fsp3) is 0.150. The molecule has 9 heteroatoms. The minimum Gasteiger partial charge on any atom is -0.449 e. The Kier molecular flexibility index (Phi) is 4.42. The van der Waals surface area contributed by atoms with E-state index in [-0.39, 0.29) is 11.4 Å². The van der Waals surface area contributed by atoms with Crippen LogP contribution in [0, 0.1) is 12.7 Å². The van der Waals surface area contributed by atoms with Crippen molar-refractivity contribution in [3.8, 4) is 0 Å². The molecule has 0 aliphatic rings. The van der Waals surface area contributed by atoms with Gasteiger partial charge in [-0.2, -0.15) is 0 Å². The first-order valence-electron chi connectivity index (χ1n) is 8.74. The van der Waals surface area contributed by atoms with Crippen molar-refractivity contribution in [2.24, 2.45) is 0 Å². The first-order chi connectivity index (χ1) is 13.8. The zero-order valence-electron chi connectivity index (χ0n) is 15.5. The molecule has 2 heterocycles. The molecular weight excluding hydrogens is 381 g/mol. The second-order valence-electron chi connectivity index (χ2n) is 6.57. The van der Waals surface area contributed by atoms with Gasteiger partial charge in [-0.25, -0.2) is 14.0 Å². The van der Waals surface area contributed by atoms with Crippen molar-refractivity contribution in [1.29, 1.82) is 0 Å². The van der Waals surface area contributed by atoms with Gasteiger partial charge in [-0.05, 0) is 50.2 Å². The average molecular weight is 397 g/mol. The summed E-state index contributed by atoms with van der Waals surface area (Å²) in [4.78, 5) is 41.3. The largest absolute Gasteiger partial charge is 0.449 e. The van der Waals surface area contributed by atoms with E-state index in [0.29, 0.717) is 33.3 Å². The molecule has 4 aromatic rings. The molecule has 0 fully saturated rings. The van der Waals surface area contributed by atoms with E-state index in [1.807, 2.05) is 0 Å². The topological polar surface area (TPSA) is 117 Å². The number of ether oxygens (including phenoxy) is 1. The predicted molar refractivity (Wildman–Crippen MR) is 103 cm³/mol. The molecule has 0 radical (unpaired) electrons. The third-order valence-electron chi connectivity index (χ3n) is 4.52. The van der Waals surface area contributed by atoms with Crippen LogP contribution in [-0.2, 0) is 9.53 Å². The maximum atomic E-state index is 13.4. The third kappa shape index (κ3) is 3.49. The fourth-order valence-corrected chi connectivity index (χ4v) is 3.01. The number of H-pyrrole nitrogens is 2. The zero-order chi connectivity index (χ0) is 20.7. The molecule has 0 aliphatic heterocycles. The van der Waals surface area contributed by atoms with Crippen molar-refractivity contribution in [2.45, 2.75) is 20.0 Å². The molecule has 3 N–H and O–H groups in total. The second-order valence-corrected chi connectivity index (χ2v) is 6.57. The molecule has 0 unspecified atom stereocenters. The van der Waals surface area contributed by atoms with Crippen LogP contribution in [0.1, 0.15) is 23.0 Å². The van der Waals surface area contributed by atoms with E-state index in [1.54, 1.807) is 25.1 Å². The highest BCUT2D eigenvalue weighted by Crippen LogP contribution is 2.27. The van der Waals surface area contributed by atoms with E-state index in [4.69, 9.17) is 9.15 Å². The predicted octanol–water partition coefficient (Wildman–Crippen LogP) is 3.23. The van der Waals surface area contributed by atoms with E-state index in [1.165, 1.54) is 25.1 Å². The molecule has 0 spiro atoms. The Bertz CT molecular complexity index is 1320. The summed E-state index contributed by atoms with van der Waals surface area (Å²) in [6, 6.07) is 8.74. The summed E-state index contributed by atoms with van der Waals surface area (Å²) in [6.07, 6.45) is -1.12. The number of carbonyl (C=O) groups is 2. The quantitative estimate of drug-likeness (QED) is 0.457. The van der Waals surface area contributed by atoms with Crippen LogP contribution in [0.2, 0.25) is 0 Å². The van der Waals surface area contributed by atoms with Gasteiger partial charge in [0.15, 0.2) is 6.10 Å². The molecule has 0 aliphatic carbocycles. The summed E-state index contributed by atoms with van der Waals surface area (Å²) in [6.45, 7) is 3.03. The van der Waals surface area contributed by atoms with E-state index >= 15 is 0 Å². The third-order valence-corrected chi connectivity index (χ3v) is 4.52. The molecule has 0 bridgehead atoms. The van der Waals surface area contributed by atoms with Gasteiger partial charge in [0.1, 0.15) is 11.4 Å². The number of aromatic nitrogens is 2. The molecule has 1 atom stereocenters. The van der Waals surface area contributed by atoms with Crippen LogP contribution in [-0.4, -0.2) is 27.9 Å². The normalized spacial score (nSPS) is 12.2. The first-order valence-corrected chi connectivity index (χ1v) is 8.74. The second kappa shape index (κ2) is 6.93. The number of aryl methyl sites for hydroxylation is 1. The van der Waals surface area contributed by atoms with Gasteiger partial charge in [0.05, 0.1) is 11.0 Å². The number of hydrogen-bond acceptors (Lipinski definition) is 5. The van der Waals surface area contributed by atoms with Crippen LogP contribution in [0.4, 0.5) is 10.1 Å². The SMILES string of the molecule is Cc1c(C(=O)O[C@H](C)C(=O)Nc2ccc3[nH]c(=O)[nH]c3c2)oc2ccc(F)cc12. The van der Waals surface area contributed by atoms with E-state index in [0.717, 1.165) is 0 Å². The number of benzene rings is 2. The van der Waals surface area contributed by atoms with E-state index in [9.17, 15) is 18.8 Å². The first kappa shape index (κ1) is 18.5. The molecule has 0 saturated heterocycles. The monoisotopic (exact) mass is 397 g/mol. The summed E-state index contributed by atoms with van der Waals surface area (Å²) in [7, 11) is 0. The van der Waals surface area contributed by atoms with Crippen molar-refractivity contribution < 1.29 is 23.1 Å². The number of aromatic amines is 2. The Morgan fingerprint density at radius 1 is 1.14 bits per heavy atom. The number of rotatable bonds is 4. The van der Waals surface area contributed by atoms with Crippen molar-refractivity contribution in [3.63, 3.8) is 0 Å². The number of imidazole rings is 1. The Hall–Kier alpha value is -3.88. The standard InChI is InChI=1S/C20H16FN3O5/c1-9-13-7-11(21)3-6-16(13)29-17(9)19(26)28-10(2)18(25)22-12-4-5-14-15(8-12)24-20(27)23-14/h3-8,10H,1-2H3,(H,22,25)(H2,23,24,27)/t10-/m1/s1. The maximum absolute atomic E-state index is 13.4. The van der Waals surface area contributed by atoms with Crippen molar-refractivity contribution in [1.82, 2.24) is 9.97 Å². The molecule has 2 aromatic heterocycles. The van der Waals surface area contributed by atoms with Gasteiger partial charge >= 0.3 is 11.7 Å². The minimum absolute atomic E-state index is 0.0865. The highest BCUT2D eigenvalue weighted by atomic mass is 19.1. The average Bonchev–Trinajstić information content (AvgIpc) is 3.20. The van der Waals surface area contributed by atoms with Crippen LogP contribution < -0.4 is 11.0 Å². The van der Waals surface area contributed by atoms with Gasteiger partial charge < -0.3 is 24.4 Å². The van der Waals surface area contributed by atoms with Gasteiger partial charge in [0.25, 0.3) is 5.91 Å². The molecule has 0 saturated carbocycles. The summed E-state index contributed by atoms with van der Waals surface area (Å²) < 4.78 is 24.1. The van der Waals surface area contributed by atoms with E-state index < -0.39 is 23.8 Å². The smallest absolute Gasteiger partial charge is 0.375 e. The number of anilines is 1. The Morgan fingerprint density at radius 3 is 2.69 bits per heavy atom. The van der Waals surface area contributed by atoms with Crippen LogP contribution in [0.25, 0.3) is 22.0 Å². The van der Waals surface area contributed by atoms with Crippen molar-refractivity contribution in [2.75, 3.05) is 5.32 Å². The molecular formula is C20H16FN3O5. The Morgan fingerprint density at radius 2 is 1.90 bits per heavy atom. The lowest BCUT2D eigenvalue weighted by Gasteiger charge is -2.13. The number of furan rings is 1. The van der Waals surface area contributed by atoms with Crippen LogP contribution in [0.15, 0.2) is 45.6 Å². The lowest BCUT2D eigenvalue weighted by atomic mass is 10.1. The van der Waals surface area contributed by atoms with Crippen molar-refractivity contribution >= 4 is 39.6 Å². The number of carbonyl (C=O) groups excluding carboxylic acids is 2. The van der Waals surface area contributed by atoms with Gasteiger partial charge in [0, 0.05) is 16.6 Å². The van der Waals surface area contributed by atoms with Gasteiger partial charge in [-0.3, -0.25) is 4.79 Å². The van der Waals surface area contributed by atoms with Crippen LogP contribution in [0.5, 0.6) is 0 Å². The Balaban J connectivity index is 1.48. The summed E-state index contributed by atoms with van der Waals surface area (Å²) >= 11 is 0.